The van der Waals surface area contributed by atoms with Crippen LogP contribution in [0, 0.1) is 0 Å². The number of nitrogens with zero attached hydrogens (tertiary/aromatic N) is 3. The molecule has 152 valence electrons. The number of carbonyl (C=O) groups excluding carboxylic acids is 1. The number of hydrogen-bond donors (Lipinski definition) is 1. The van der Waals surface area contributed by atoms with Gasteiger partial charge in [0.1, 0.15) is 16.8 Å². The Hall–Kier alpha value is -2.86. The normalized spacial score (nSPS) is 11.6. The van der Waals surface area contributed by atoms with Gasteiger partial charge in [-0.25, -0.2) is 4.79 Å². The number of esters is 1. The fourth-order valence-electron chi connectivity index (χ4n) is 2.94. The summed E-state index contributed by atoms with van der Waals surface area (Å²) in [6, 6.07) is 9.01. The van der Waals surface area contributed by atoms with Crippen LogP contribution in [0.25, 0.3) is 16.7 Å². The summed E-state index contributed by atoms with van der Waals surface area (Å²) in [5.74, 6) is -0.263. The average molecular weight is 414 g/mol. The van der Waals surface area contributed by atoms with Crippen LogP contribution < -0.4 is 0 Å². The van der Waals surface area contributed by atoms with Crippen molar-refractivity contribution in [3.8, 4) is 11.4 Å². The highest BCUT2D eigenvalue weighted by Gasteiger charge is 2.22. The van der Waals surface area contributed by atoms with Crippen molar-refractivity contribution in [3.05, 3.63) is 58.6 Å². The molecule has 0 amide bonds. The van der Waals surface area contributed by atoms with E-state index in [1.54, 1.807) is 25.1 Å². The molecule has 29 heavy (non-hydrogen) atoms. The van der Waals surface area contributed by atoms with E-state index in [-0.39, 0.29) is 17.8 Å². The summed E-state index contributed by atoms with van der Waals surface area (Å²) in [5, 5.41) is 20.4. The first kappa shape index (κ1) is 20.9. The lowest BCUT2D eigenvalue weighted by atomic mass is 9.84. The summed E-state index contributed by atoms with van der Waals surface area (Å²) in [6.07, 6.45) is 0.356. The number of carbonyl (C=O) groups is 1. The lowest BCUT2D eigenvalue weighted by molar-refractivity contribution is -0.138. The van der Waals surface area contributed by atoms with Gasteiger partial charge in [0.15, 0.2) is 0 Å². The predicted octanol–water partition coefficient (Wildman–Crippen LogP) is 4.74. The van der Waals surface area contributed by atoms with E-state index in [9.17, 15) is 9.90 Å². The van der Waals surface area contributed by atoms with Gasteiger partial charge in [-0.05, 0) is 48.2 Å². The smallest absolute Gasteiger partial charge is 0.333 e. The maximum absolute atomic E-state index is 11.6. The van der Waals surface area contributed by atoms with E-state index in [1.807, 2.05) is 32.9 Å². The molecule has 0 aliphatic heterocycles. The van der Waals surface area contributed by atoms with Crippen LogP contribution in [0.1, 0.15) is 38.8 Å². The van der Waals surface area contributed by atoms with Crippen molar-refractivity contribution in [2.24, 2.45) is 0 Å². The minimum atomic E-state index is -0.450. The maximum Gasteiger partial charge on any atom is 0.333 e. The fourth-order valence-corrected chi connectivity index (χ4v) is 3.10. The highest BCUT2D eigenvalue weighted by molar-refractivity contribution is 6.31. The summed E-state index contributed by atoms with van der Waals surface area (Å²) in [6.45, 7) is 11.4. The SMILES string of the molecule is C=C(C)C(=O)OCCc1cc(-n2nc3ccc(Cl)cc3n2)cc(C(C)(C)C)c1O. The van der Waals surface area contributed by atoms with E-state index >= 15 is 0 Å². The Bertz CT molecular complexity index is 1100. The first-order valence-corrected chi connectivity index (χ1v) is 9.66. The zero-order chi connectivity index (χ0) is 21.3. The first-order chi connectivity index (χ1) is 13.6. The lowest BCUT2D eigenvalue weighted by Gasteiger charge is -2.23. The van der Waals surface area contributed by atoms with E-state index in [0.29, 0.717) is 33.8 Å². The van der Waals surface area contributed by atoms with Gasteiger partial charge in [0, 0.05) is 22.6 Å². The number of hydrogen-bond acceptors (Lipinski definition) is 5. The Balaban J connectivity index is 2.01. The molecule has 6 nitrogen and oxygen atoms in total. The molecule has 7 heteroatoms. The predicted molar refractivity (Wildman–Crippen MR) is 114 cm³/mol. The van der Waals surface area contributed by atoms with Crippen molar-refractivity contribution in [3.63, 3.8) is 0 Å². The molecule has 0 unspecified atom stereocenters. The summed E-state index contributed by atoms with van der Waals surface area (Å²) in [7, 11) is 0. The Labute approximate surface area is 174 Å². The molecule has 0 saturated heterocycles. The summed E-state index contributed by atoms with van der Waals surface area (Å²) >= 11 is 6.05. The van der Waals surface area contributed by atoms with Crippen LogP contribution in [0.4, 0.5) is 0 Å². The first-order valence-electron chi connectivity index (χ1n) is 9.28. The van der Waals surface area contributed by atoms with Crippen molar-refractivity contribution in [1.82, 2.24) is 15.0 Å². The van der Waals surface area contributed by atoms with Gasteiger partial charge in [0.05, 0.1) is 12.3 Å². The summed E-state index contributed by atoms with van der Waals surface area (Å²) in [5.41, 5.74) is 3.55. The summed E-state index contributed by atoms with van der Waals surface area (Å²) < 4.78 is 5.19. The van der Waals surface area contributed by atoms with Gasteiger partial charge >= 0.3 is 5.97 Å². The number of benzene rings is 2. The van der Waals surface area contributed by atoms with Crippen molar-refractivity contribution >= 4 is 28.6 Å². The molecule has 1 aromatic heterocycles. The van der Waals surface area contributed by atoms with Crippen molar-refractivity contribution in [2.45, 2.75) is 39.5 Å². The Kier molecular flexibility index (Phi) is 5.66. The number of aromatic nitrogens is 3. The molecular formula is C22H24ClN3O3. The van der Waals surface area contributed by atoms with Crippen molar-refractivity contribution < 1.29 is 14.6 Å². The van der Waals surface area contributed by atoms with Crippen LogP contribution in [-0.2, 0) is 21.4 Å². The molecule has 1 N–H and O–H groups in total. The number of fused-ring (bicyclic) bond motifs is 1. The topological polar surface area (TPSA) is 77.2 Å². The third-order valence-electron chi connectivity index (χ3n) is 4.51. The second kappa shape index (κ2) is 7.87. The number of rotatable bonds is 5. The van der Waals surface area contributed by atoms with Crippen LogP contribution in [0.3, 0.4) is 0 Å². The molecule has 0 radical (unpaired) electrons. The number of phenols is 1. The second-order valence-electron chi connectivity index (χ2n) is 8.04. The number of aromatic hydroxyl groups is 1. The molecule has 0 fully saturated rings. The van der Waals surface area contributed by atoms with Gasteiger partial charge in [0.2, 0.25) is 0 Å². The maximum atomic E-state index is 11.6. The minimum absolute atomic E-state index is 0.135. The van der Waals surface area contributed by atoms with Crippen LogP contribution >= 0.6 is 11.6 Å². The zero-order valence-corrected chi connectivity index (χ0v) is 17.7. The van der Waals surface area contributed by atoms with E-state index in [0.717, 1.165) is 11.1 Å². The third kappa shape index (κ3) is 4.59. The van der Waals surface area contributed by atoms with Crippen LogP contribution in [-0.4, -0.2) is 32.7 Å². The van der Waals surface area contributed by atoms with Crippen LogP contribution in [0.5, 0.6) is 5.75 Å². The van der Waals surface area contributed by atoms with Gasteiger partial charge in [-0.2, -0.15) is 4.80 Å². The summed E-state index contributed by atoms with van der Waals surface area (Å²) in [4.78, 5) is 13.2. The Morgan fingerprint density at radius 3 is 2.55 bits per heavy atom. The Morgan fingerprint density at radius 1 is 1.21 bits per heavy atom. The monoisotopic (exact) mass is 413 g/mol. The molecule has 0 spiro atoms. The minimum Gasteiger partial charge on any atom is -0.507 e. The lowest BCUT2D eigenvalue weighted by Crippen LogP contribution is -2.15. The van der Waals surface area contributed by atoms with E-state index in [4.69, 9.17) is 16.3 Å². The van der Waals surface area contributed by atoms with Crippen molar-refractivity contribution in [1.29, 1.82) is 0 Å². The van der Waals surface area contributed by atoms with Gasteiger partial charge in [-0.15, -0.1) is 10.2 Å². The largest absolute Gasteiger partial charge is 0.507 e. The quantitative estimate of drug-likeness (QED) is 0.483. The van der Waals surface area contributed by atoms with Crippen LogP contribution in [0.15, 0.2) is 42.5 Å². The molecule has 2 aromatic carbocycles. The van der Waals surface area contributed by atoms with Crippen molar-refractivity contribution in [2.75, 3.05) is 6.61 Å². The molecule has 0 saturated carbocycles. The highest BCUT2D eigenvalue weighted by atomic mass is 35.5. The average Bonchev–Trinajstić information content (AvgIpc) is 3.04. The standard InChI is InChI=1S/C22H24ClN3O3/c1-13(2)21(28)29-9-8-14-10-16(12-17(20(14)27)22(3,4)5)26-24-18-7-6-15(23)11-19(18)25-26/h6-7,10-12,27H,1,8-9H2,2-5H3. The number of ether oxygens (including phenoxy) is 1. The highest BCUT2D eigenvalue weighted by Crippen LogP contribution is 2.35. The van der Waals surface area contributed by atoms with Gasteiger partial charge in [-0.1, -0.05) is 39.0 Å². The molecule has 1 heterocycles. The molecule has 0 aliphatic carbocycles. The molecule has 0 atom stereocenters. The van der Waals surface area contributed by atoms with E-state index in [2.05, 4.69) is 16.8 Å². The molecule has 3 aromatic rings. The Morgan fingerprint density at radius 2 is 1.90 bits per heavy atom. The molecular weight excluding hydrogens is 390 g/mol. The van der Waals surface area contributed by atoms with Gasteiger partial charge in [-0.3, -0.25) is 0 Å². The number of phenolic OH excluding ortho intramolecular Hbond substituents is 1. The van der Waals surface area contributed by atoms with Crippen LogP contribution in [0.2, 0.25) is 5.02 Å². The number of halogens is 1. The van der Waals surface area contributed by atoms with E-state index in [1.165, 1.54) is 4.80 Å². The fraction of sp³-hybridized carbons (Fsp3) is 0.318. The van der Waals surface area contributed by atoms with Gasteiger partial charge < -0.3 is 9.84 Å². The van der Waals surface area contributed by atoms with E-state index < -0.39 is 5.97 Å². The molecule has 0 aliphatic rings. The van der Waals surface area contributed by atoms with Gasteiger partial charge in [0.25, 0.3) is 0 Å². The zero-order valence-electron chi connectivity index (χ0n) is 17.0. The second-order valence-corrected chi connectivity index (χ2v) is 8.48. The third-order valence-corrected chi connectivity index (χ3v) is 4.74. The molecule has 0 bridgehead atoms. The molecule has 3 rings (SSSR count).